The van der Waals surface area contributed by atoms with Crippen molar-refractivity contribution in [2.45, 2.75) is 31.2 Å². The maximum atomic E-state index is 12.6. The Hall–Kier alpha value is -0.330. The van der Waals surface area contributed by atoms with Crippen molar-refractivity contribution >= 4 is 33.2 Å². The molecule has 0 radical (unpaired) electrons. The standard InChI is InChI=1S/C13H18Cl2N2O2S/c1-2-16-9-10-7-11(14)8-12(13(10)15)20(18,19)17-5-3-4-6-17/h7-8,16H,2-6,9H2,1H3. The Morgan fingerprint density at radius 2 is 1.90 bits per heavy atom. The van der Waals surface area contributed by atoms with Crippen LogP contribution < -0.4 is 5.32 Å². The lowest BCUT2D eigenvalue weighted by molar-refractivity contribution is 0.477. The zero-order valence-corrected chi connectivity index (χ0v) is 13.7. The molecule has 0 aliphatic carbocycles. The smallest absolute Gasteiger partial charge is 0.244 e. The molecule has 0 bridgehead atoms. The maximum absolute atomic E-state index is 12.6. The highest BCUT2D eigenvalue weighted by molar-refractivity contribution is 7.89. The second kappa shape index (κ2) is 6.62. The first-order valence-corrected chi connectivity index (χ1v) is 8.85. The largest absolute Gasteiger partial charge is 0.313 e. The van der Waals surface area contributed by atoms with Gasteiger partial charge in [0.15, 0.2) is 0 Å². The molecule has 1 heterocycles. The molecular weight excluding hydrogens is 319 g/mol. The Balaban J connectivity index is 2.42. The van der Waals surface area contributed by atoms with Crippen LogP contribution in [0.2, 0.25) is 10.0 Å². The van der Waals surface area contributed by atoms with Crippen molar-refractivity contribution in [3.05, 3.63) is 27.7 Å². The first kappa shape index (κ1) is 16.0. The summed E-state index contributed by atoms with van der Waals surface area (Å²) in [5.74, 6) is 0. The van der Waals surface area contributed by atoms with Crippen LogP contribution in [-0.2, 0) is 16.6 Å². The Morgan fingerprint density at radius 3 is 2.50 bits per heavy atom. The molecule has 1 aliphatic heterocycles. The molecule has 1 saturated heterocycles. The van der Waals surface area contributed by atoms with E-state index in [0.29, 0.717) is 30.2 Å². The van der Waals surface area contributed by atoms with E-state index in [-0.39, 0.29) is 9.92 Å². The third kappa shape index (κ3) is 3.28. The van der Waals surface area contributed by atoms with Crippen LogP contribution in [0, 0.1) is 0 Å². The molecule has 0 saturated carbocycles. The van der Waals surface area contributed by atoms with E-state index in [4.69, 9.17) is 23.2 Å². The van der Waals surface area contributed by atoms with Gasteiger partial charge in [0.1, 0.15) is 4.90 Å². The van der Waals surface area contributed by atoms with Crippen LogP contribution in [0.5, 0.6) is 0 Å². The topological polar surface area (TPSA) is 49.4 Å². The molecule has 0 atom stereocenters. The first-order chi connectivity index (χ1) is 9.46. The molecule has 0 amide bonds. The van der Waals surface area contributed by atoms with E-state index < -0.39 is 10.0 Å². The molecule has 7 heteroatoms. The zero-order chi connectivity index (χ0) is 14.8. The molecule has 2 rings (SSSR count). The summed E-state index contributed by atoms with van der Waals surface area (Å²) in [4.78, 5) is 0.112. The van der Waals surface area contributed by atoms with Crippen molar-refractivity contribution in [1.29, 1.82) is 0 Å². The predicted octanol–water partition coefficient (Wildman–Crippen LogP) is 2.89. The number of benzene rings is 1. The molecule has 0 unspecified atom stereocenters. The first-order valence-electron chi connectivity index (χ1n) is 6.65. The van der Waals surface area contributed by atoms with Crippen molar-refractivity contribution in [3.63, 3.8) is 0 Å². The summed E-state index contributed by atoms with van der Waals surface area (Å²) >= 11 is 12.3. The Morgan fingerprint density at radius 1 is 1.25 bits per heavy atom. The normalized spacial score (nSPS) is 16.8. The highest BCUT2D eigenvalue weighted by Gasteiger charge is 2.30. The number of rotatable bonds is 5. The van der Waals surface area contributed by atoms with Crippen LogP contribution in [0.25, 0.3) is 0 Å². The number of nitrogens with zero attached hydrogens (tertiary/aromatic N) is 1. The molecule has 112 valence electrons. The van der Waals surface area contributed by atoms with Gasteiger partial charge >= 0.3 is 0 Å². The van der Waals surface area contributed by atoms with Crippen LogP contribution in [0.15, 0.2) is 17.0 Å². The van der Waals surface area contributed by atoms with E-state index in [0.717, 1.165) is 19.4 Å². The quantitative estimate of drug-likeness (QED) is 0.899. The molecule has 1 aromatic carbocycles. The van der Waals surface area contributed by atoms with Gasteiger partial charge in [0.25, 0.3) is 0 Å². The van der Waals surface area contributed by atoms with Crippen LogP contribution in [-0.4, -0.2) is 32.4 Å². The second-order valence-corrected chi connectivity index (χ2v) is 7.49. The van der Waals surface area contributed by atoms with Crippen LogP contribution >= 0.6 is 23.2 Å². The average molecular weight is 337 g/mol. The molecule has 20 heavy (non-hydrogen) atoms. The van der Waals surface area contributed by atoms with Gasteiger partial charge < -0.3 is 5.32 Å². The van der Waals surface area contributed by atoms with E-state index >= 15 is 0 Å². The van der Waals surface area contributed by atoms with Gasteiger partial charge in [-0.1, -0.05) is 30.1 Å². The Labute approximate surface area is 130 Å². The van der Waals surface area contributed by atoms with Crippen molar-refractivity contribution in [2.24, 2.45) is 0 Å². The Kier molecular flexibility index (Phi) is 5.31. The van der Waals surface area contributed by atoms with E-state index in [1.165, 1.54) is 10.4 Å². The van der Waals surface area contributed by atoms with Crippen LogP contribution in [0.1, 0.15) is 25.3 Å². The van der Waals surface area contributed by atoms with Crippen molar-refractivity contribution in [2.75, 3.05) is 19.6 Å². The predicted molar refractivity (Wildman–Crippen MR) is 81.8 cm³/mol. The Bertz CT molecular complexity index is 584. The number of halogens is 2. The zero-order valence-electron chi connectivity index (χ0n) is 11.3. The third-order valence-corrected chi connectivity index (χ3v) is 6.03. The molecule has 0 spiro atoms. The third-order valence-electron chi connectivity index (χ3n) is 3.33. The van der Waals surface area contributed by atoms with E-state index in [2.05, 4.69) is 5.32 Å². The maximum Gasteiger partial charge on any atom is 0.244 e. The van der Waals surface area contributed by atoms with Crippen molar-refractivity contribution in [1.82, 2.24) is 9.62 Å². The number of hydrogen-bond acceptors (Lipinski definition) is 3. The second-order valence-electron chi connectivity index (χ2n) is 4.77. The minimum absolute atomic E-state index is 0.112. The van der Waals surface area contributed by atoms with Gasteiger partial charge in [0.2, 0.25) is 10.0 Å². The minimum atomic E-state index is -3.55. The molecule has 1 N–H and O–H groups in total. The van der Waals surface area contributed by atoms with Gasteiger partial charge in [0.05, 0.1) is 5.02 Å². The summed E-state index contributed by atoms with van der Waals surface area (Å²) in [5.41, 5.74) is 0.707. The monoisotopic (exact) mass is 336 g/mol. The van der Waals surface area contributed by atoms with Gasteiger partial charge in [-0.15, -0.1) is 0 Å². The fourth-order valence-electron chi connectivity index (χ4n) is 2.26. The summed E-state index contributed by atoms with van der Waals surface area (Å²) < 4.78 is 26.7. The lowest BCUT2D eigenvalue weighted by Crippen LogP contribution is -2.28. The van der Waals surface area contributed by atoms with E-state index in [9.17, 15) is 8.42 Å². The molecule has 1 fully saturated rings. The van der Waals surface area contributed by atoms with E-state index in [1.807, 2.05) is 6.92 Å². The minimum Gasteiger partial charge on any atom is -0.313 e. The summed E-state index contributed by atoms with van der Waals surface area (Å²) in [6.07, 6.45) is 1.78. The van der Waals surface area contributed by atoms with Crippen molar-refractivity contribution < 1.29 is 8.42 Å². The highest BCUT2D eigenvalue weighted by atomic mass is 35.5. The summed E-state index contributed by atoms with van der Waals surface area (Å²) in [6.45, 7) is 4.34. The molecule has 4 nitrogen and oxygen atoms in total. The molecule has 0 aromatic heterocycles. The summed E-state index contributed by atoms with van der Waals surface area (Å²) in [7, 11) is -3.55. The number of hydrogen-bond donors (Lipinski definition) is 1. The van der Waals surface area contributed by atoms with Gasteiger partial charge in [-0.2, -0.15) is 4.31 Å². The van der Waals surface area contributed by atoms with Gasteiger partial charge in [-0.05, 0) is 37.1 Å². The van der Waals surface area contributed by atoms with Crippen molar-refractivity contribution in [3.8, 4) is 0 Å². The molecule has 1 aromatic rings. The lowest BCUT2D eigenvalue weighted by atomic mass is 10.2. The highest BCUT2D eigenvalue weighted by Crippen LogP contribution is 2.32. The average Bonchev–Trinajstić information content (AvgIpc) is 2.93. The fourth-order valence-corrected chi connectivity index (χ4v) is 4.69. The van der Waals surface area contributed by atoms with Gasteiger partial charge in [-0.3, -0.25) is 0 Å². The summed E-state index contributed by atoms with van der Waals surface area (Å²) in [6, 6.07) is 3.14. The summed E-state index contributed by atoms with van der Waals surface area (Å²) in [5, 5.41) is 3.78. The van der Waals surface area contributed by atoms with Crippen LogP contribution in [0.3, 0.4) is 0 Å². The fraction of sp³-hybridized carbons (Fsp3) is 0.538. The molecule has 1 aliphatic rings. The van der Waals surface area contributed by atoms with Gasteiger partial charge in [0, 0.05) is 24.7 Å². The van der Waals surface area contributed by atoms with Gasteiger partial charge in [-0.25, -0.2) is 8.42 Å². The lowest BCUT2D eigenvalue weighted by Gasteiger charge is -2.18. The van der Waals surface area contributed by atoms with E-state index in [1.54, 1.807) is 6.07 Å². The number of sulfonamides is 1. The number of nitrogens with one attached hydrogen (secondary N) is 1. The van der Waals surface area contributed by atoms with Crippen LogP contribution in [0.4, 0.5) is 0 Å². The molecular formula is C13H18Cl2N2O2S. The SMILES string of the molecule is CCNCc1cc(Cl)cc(S(=O)(=O)N2CCCC2)c1Cl.